The molecule has 148 valence electrons. The lowest BCUT2D eigenvalue weighted by Gasteiger charge is -2.40. The Balaban J connectivity index is 2.00. The van der Waals surface area contributed by atoms with Gasteiger partial charge in [-0.3, -0.25) is 9.59 Å². The van der Waals surface area contributed by atoms with Gasteiger partial charge in [0.25, 0.3) is 5.91 Å². The maximum Gasteiger partial charge on any atom is 0.253 e. The number of amides is 2. The topological polar surface area (TPSA) is 85.9 Å². The molecular formula is C20H28N2O5. The van der Waals surface area contributed by atoms with Gasteiger partial charge in [-0.1, -0.05) is 32.9 Å². The van der Waals surface area contributed by atoms with E-state index in [9.17, 15) is 9.59 Å². The van der Waals surface area contributed by atoms with E-state index in [1.807, 2.05) is 45.0 Å². The molecule has 0 saturated carbocycles. The second kappa shape index (κ2) is 9.53. The Morgan fingerprint density at radius 3 is 2.63 bits per heavy atom. The predicted molar refractivity (Wildman–Crippen MR) is 101 cm³/mol. The molecule has 7 nitrogen and oxygen atoms in total. The lowest BCUT2D eigenvalue weighted by Crippen LogP contribution is -2.50. The van der Waals surface area contributed by atoms with Crippen LogP contribution < -0.4 is 15.4 Å². The minimum atomic E-state index is -0.721. The second-order valence-corrected chi connectivity index (χ2v) is 7.05. The lowest BCUT2D eigenvalue weighted by molar-refractivity contribution is -0.258. The van der Waals surface area contributed by atoms with Crippen molar-refractivity contribution in [3.8, 4) is 5.75 Å². The van der Waals surface area contributed by atoms with Crippen molar-refractivity contribution in [2.24, 2.45) is 5.41 Å². The van der Waals surface area contributed by atoms with Gasteiger partial charge in [-0.05, 0) is 18.6 Å². The predicted octanol–water partition coefficient (Wildman–Crippen LogP) is 2.29. The van der Waals surface area contributed by atoms with Crippen LogP contribution in [0.3, 0.4) is 0 Å². The first-order chi connectivity index (χ1) is 12.9. The minimum Gasteiger partial charge on any atom is -0.497 e. The molecule has 2 N–H and O–H groups in total. The van der Waals surface area contributed by atoms with Gasteiger partial charge in [0, 0.05) is 29.8 Å². The van der Waals surface area contributed by atoms with Crippen LogP contribution in [-0.2, 0) is 19.1 Å². The molecule has 1 unspecified atom stereocenters. The minimum absolute atomic E-state index is 0.250. The van der Waals surface area contributed by atoms with Crippen molar-refractivity contribution >= 4 is 11.8 Å². The number of hydrogen-bond donors (Lipinski definition) is 2. The van der Waals surface area contributed by atoms with Gasteiger partial charge >= 0.3 is 0 Å². The van der Waals surface area contributed by atoms with Crippen molar-refractivity contribution in [3.63, 3.8) is 0 Å². The highest BCUT2D eigenvalue weighted by Crippen LogP contribution is 2.36. The van der Waals surface area contributed by atoms with Crippen molar-refractivity contribution in [1.29, 1.82) is 0 Å². The van der Waals surface area contributed by atoms with Gasteiger partial charge in [-0.15, -0.1) is 0 Å². The molecule has 1 aliphatic rings. The van der Waals surface area contributed by atoms with Gasteiger partial charge in [-0.25, -0.2) is 0 Å². The van der Waals surface area contributed by atoms with E-state index in [0.29, 0.717) is 13.2 Å². The number of ether oxygens (including phenoxy) is 3. The zero-order valence-corrected chi connectivity index (χ0v) is 16.3. The number of nitrogens with one attached hydrogen (secondary N) is 2. The van der Waals surface area contributed by atoms with Gasteiger partial charge < -0.3 is 24.8 Å². The molecule has 2 rings (SSSR count). The van der Waals surface area contributed by atoms with Crippen LogP contribution in [0.15, 0.2) is 36.5 Å². The number of carbonyl (C=O) groups excluding carboxylic acids is 2. The van der Waals surface area contributed by atoms with Crippen LogP contribution in [0.5, 0.6) is 5.75 Å². The first kappa shape index (κ1) is 20.9. The molecule has 1 fully saturated rings. The molecule has 0 aromatic heterocycles. The van der Waals surface area contributed by atoms with Crippen molar-refractivity contribution in [2.45, 2.75) is 39.6 Å². The summed E-state index contributed by atoms with van der Waals surface area (Å²) in [4.78, 5) is 24.2. The average molecular weight is 376 g/mol. The highest BCUT2D eigenvalue weighted by atomic mass is 16.7. The maximum absolute atomic E-state index is 12.6. The van der Waals surface area contributed by atoms with Crippen molar-refractivity contribution in [1.82, 2.24) is 10.6 Å². The Morgan fingerprint density at radius 1 is 1.30 bits per heavy atom. The first-order valence-electron chi connectivity index (χ1n) is 9.03. The molecule has 7 heteroatoms. The normalized spacial score (nSPS) is 21.6. The van der Waals surface area contributed by atoms with Crippen LogP contribution in [0.1, 0.15) is 39.0 Å². The van der Waals surface area contributed by atoms with E-state index >= 15 is 0 Å². The zero-order valence-electron chi connectivity index (χ0n) is 16.3. The lowest BCUT2D eigenvalue weighted by atomic mass is 9.85. The van der Waals surface area contributed by atoms with E-state index in [0.717, 1.165) is 17.7 Å². The molecule has 1 aromatic rings. The summed E-state index contributed by atoms with van der Waals surface area (Å²) < 4.78 is 16.9. The van der Waals surface area contributed by atoms with E-state index < -0.39 is 17.8 Å². The molecule has 2 amide bonds. The largest absolute Gasteiger partial charge is 0.497 e. The van der Waals surface area contributed by atoms with Crippen LogP contribution >= 0.6 is 0 Å². The molecule has 0 spiro atoms. The highest BCUT2D eigenvalue weighted by Gasteiger charge is 2.43. The maximum atomic E-state index is 12.6. The van der Waals surface area contributed by atoms with Crippen LogP contribution in [0.2, 0.25) is 0 Å². The van der Waals surface area contributed by atoms with E-state index in [1.165, 1.54) is 12.3 Å². The Kier molecular flexibility index (Phi) is 7.38. The summed E-state index contributed by atoms with van der Waals surface area (Å²) in [6.45, 7) is 6.73. The number of carbonyl (C=O) groups is 2. The highest BCUT2D eigenvalue weighted by molar-refractivity contribution is 5.89. The number of methoxy groups -OCH3 is 1. The molecule has 27 heavy (non-hydrogen) atoms. The summed E-state index contributed by atoms with van der Waals surface area (Å²) in [6, 6.07) is 7.31. The third-order valence-electron chi connectivity index (χ3n) is 4.21. The Bertz CT molecular complexity index is 669. The smallest absolute Gasteiger partial charge is 0.253 e. The SMILES string of the molecule is CCCNC(=O)/C=C\NC(=O)[C@@H]1OC(c2ccc(OC)cc2)OCC1(C)C. The van der Waals surface area contributed by atoms with E-state index in [2.05, 4.69) is 10.6 Å². The van der Waals surface area contributed by atoms with Crippen LogP contribution in [0.25, 0.3) is 0 Å². The Morgan fingerprint density at radius 2 is 2.00 bits per heavy atom. The van der Waals surface area contributed by atoms with Crippen molar-refractivity contribution < 1.29 is 23.8 Å². The fourth-order valence-corrected chi connectivity index (χ4v) is 2.65. The monoisotopic (exact) mass is 376 g/mol. The van der Waals surface area contributed by atoms with Gasteiger partial charge in [-0.2, -0.15) is 0 Å². The van der Waals surface area contributed by atoms with E-state index in [4.69, 9.17) is 14.2 Å². The summed E-state index contributed by atoms with van der Waals surface area (Å²) in [6.07, 6.45) is 2.12. The molecule has 1 heterocycles. The Hall–Kier alpha value is -2.38. The van der Waals surface area contributed by atoms with Crippen LogP contribution in [0.4, 0.5) is 0 Å². The quantitative estimate of drug-likeness (QED) is 0.713. The third-order valence-corrected chi connectivity index (χ3v) is 4.21. The molecule has 1 saturated heterocycles. The molecule has 0 aliphatic carbocycles. The van der Waals surface area contributed by atoms with Gasteiger partial charge in [0.1, 0.15) is 11.9 Å². The number of hydrogen-bond acceptors (Lipinski definition) is 5. The van der Waals surface area contributed by atoms with Crippen LogP contribution in [0, 0.1) is 5.41 Å². The van der Waals surface area contributed by atoms with E-state index in [-0.39, 0.29) is 11.8 Å². The fraction of sp³-hybridized carbons (Fsp3) is 0.500. The standard InChI is InChI=1S/C20H28N2O5/c1-5-11-21-16(23)10-12-22-18(24)17-20(2,3)13-26-19(27-17)14-6-8-15(25-4)9-7-14/h6-10,12,17,19H,5,11,13H2,1-4H3,(H,21,23)(H,22,24)/b12-10-/t17-,19?/m0/s1. The third kappa shape index (κ3) is 5.80. The van der Waals surface area contributed by atoms with Gasteiger partial charge in [0.15, 0.2) is 6.29 Å². The molecule has 0 radical (unpaired) electrons. The summed E-state index contributed by atoms with van der Waals surface area (Å²) in [5.41, 5.74) is 0.296. The van der Waals surface area contributed by atoms with Crippen molar-refractivity contribution in [3.05, 3.63) is 42.1 Å². The molecule has 0 bridgehead atoms. The molecule has 1 aromatic carbocycles. The zero-order chi connectivity index (χ0) is 19.9. The number of benzene rings is 1. The summed E-state index contributed by atoms with van der Waals surface area (Å²) in [5.74, 6) is 0.164. The fourth-order valence-electron chi connectivity index (χ4n) is 2.65. The first-order valence-corrected chi connectivity index (χ1v) is 9.03. The summed E-state index contributed by atoms with van der Waals surface area (Å²) in [5, 5.41) is 5.33. The molecule has 2 atom stereocenters. The Labute approximate surface area is 160 Å². The van der Waals surface area contributed by atoms with Crippen molar-refractivity contribution in [2.75, 3.05) is 20.3 Å². The number of rotatable bonds is 7. The van der Waals surface area contributed by atoms with Crippen LogP contribution in [-0.4, -0.2) is 38.2 Å². The van der Waals surface area contributed by atoms with E-state index in [1.54, 1.807) is 7.11 Å². The molecule has 1 aliphatic heterocycles. The summed E-state index contributed by atoms with van der Waals surface area (Å²) >= 11 is 0. The molecular weight excluding hydrogens is 348 g/mol. The van der Waals surface area contributed by atoms with Gasteiger partial charge in [0.2, 0.25) is 5.91 Å². The van der Waals surface area contributed by atoms with Gasteiger partial charge in [0.05, 0.1) is 13.7 Å². The average Bonchev–Trinajstić information content (AvgIpc) is 2.66. The summed E-state index contributed by atoms with van der Waals surface area (Å²) in [7, 11) is 1.60. The second-order valence-electron chi connectivity index (χ2n) is 7.05.